The molecule has 1 aliphatic carbocycles. The third kappa shape index (κ3) is 5.56. The van der Waals surface area contributed by atoms with Crippen LogP contribution in [0.2, 0.25) is 0 Å². The number of carboxylic acid groups (broad SMARTS) is 1. The number of aliphatic carboxylic acids is 1. The van der Waals surface area contributed by atoms with E-state index in [-0.39, 0.29) is 18.0 Å². The van der Waals surface area contributed by atoms with Gasteiger partial charge in [0.2, 0.25) is 11.8 Å². The number of hydrogen-bond donors (Lipinski definition) is 4. The molecule has 0 heterocycles. The summed E-state index contributed by atoms with van der Waals surface area (Å²) in [5, 5.41) is 16.4. The maximum absolute atomic E-state index is 11.9. The molecule has 0 saturated heterocycles. The lowest BCUT2D eigenvalue weighted by Crippen LogP contribution is -2.49. The van der Waals surface area contributed by atoms with Crippen molar-refractivity contribution in [3.8, 4) is 0 Å². The molecule has 1 aliphatic rings. The highest BCUT2D eigenvalue weighted by Crippen LogP contribution is 2.30. The lowest BCUT2D eigenvalue weighted by Gasteiger charge is -2.36. The smallest absolute Gasteiger partial charge is 0.322 e. The van der Waals surface area contributed by atoms with Gasteiger partial charge in [0.15, 0.2) is 0 Å². The number of rotatable bonds is 7. The summed E-state index contributed by atoms with van der Waals surface area (Å²) < 4.78 is 0. The molecular formula is C13H23N3O4. The minimum absolute atomic E-state index is 0.167. The van der Waals surface area contributed by atoms with E-state index in [0.717, 1.165) is 25.7 Å². The molecule has 0 aromatic rings. The zero-order valence-corrected chi connectivity index (χ0v) is 11.8. The minimum atomic E-state index is -1.11. The standard InChI is InChI=1S/C13H23N3O4/c1-14-13(5-3-2-4-6-13)7-10(17)15-8-11(18)16-9-12(19)20/h14H,2-9H2,1H3,(H,15,17)(H,16,18)(H,19,20). The zero-order valence-electron chi connectivity index (χ0n) is 11.8. The van der Waals surface area contributed by atoms with Crippen LogP contribution in [0.15, 0.2) is 0 Å². The topological polar surface area (TPSA) is 108 Å². The van der Waals surface area contributed by atoms with Gasteiger partial charge in [-0.15, -0.1) is 0 Å². The average molecular weight is 285 g/mol. The van der Waals surface area contributed by atoms with Crippen LogP contribution < -0.4 is 16.0 Å². The van der Waals surface area contributed by atoms with Crippen molar-refractivity contribution < 1.29 is 19.5 Å². The normalized spacial score (nSPS) is 17.2. The van der Waals surface area contributed by atoms with E-state index >= 15 is 0 Å². The summed E-state index contributed by atoms with van der Waals surface area (Å²) in [5.41, 5.74) is -0.167. The van der Waals surface area contributed by atoms with E-state index in [0.29, 0.717) is 6.42 Å². The summed E-state index contributed by atoms with van der Waals surface area (Å²) in [7, 11) is 1.86. The summed E-state index contributed by atoms with van der Waals surface area (Å²) in [5.74, 6) is -1.80. The van der Waals surface area contributed by atoms with Gasteiger partial charge in [-0.05, 0) is 19.9 Å². The molecule has 2 amide bonds. The van der Waals surface area contributed by atoms with Crippen molar-refractivity contribution in [1.29, 1.82) is 0 Å². The summed E-state index contributed by atoms with van der Waals surface area (Å²) >= 11 is 0. The highest BCUT2D eigenvalue weighted by Gasteiger charge is 2.32. The maximum Gasteiger partial charge on any atom is 0.322 e. The van der Waals surface area contributed by atoms with Crippen LogP contribution in [0.4, 0.5) is 0 Å². The van der Waals surface area contributed by atoms with Crippen molar-refractivity contribution in [3.05, 3.63) is 0 Å². The molecule has 0 aliphatic heterocycles. The van der Waals surface area contributed by atoms with E-state index in [1.54, 1.807) is 0 Å². The Morgan fingerprint density at radius 1 is 1.00 bits per heavy atom. The number of carbonyl (C=O) groups is 3. The molecule has 0 spiro atoms. The summed E-state index contributed by atoms with van der Waals surface area (Å²) in [4.78, 5) is 33.4. The van der Waals surface area contributed by atoms with Crippen LogP contribution in [0.3, 0.4) is 0 Å². The lowest BCUT2D eigenvalue weighted by atomic mass is 9.79. The van der Waals surface area contributed by atoms with E-state index < -0.39 is 18.4 Å². The molecule has 0 radical (unpaired) electrons. The van der Waals surface area contributed by atoms with Crippen LogP contribution in [-0.4, -0.2) is 48.6 Å². The first-order valence-corrected chi connectivity index (χ1v) is 6.91. The fourth-order valence-electron chi connectivity index (χ4n) is 2.53. The highest BCUT2D eigenvalue weighted by atomic mass is 16.4. The first kappa shape index (κ1) is 16.4. The second-order valence-corrected chi connectivity index (χ2v) is 5.21. The van der Waals surface area contributed by atoms with Crippen molar-refractivity contribution in [1.82, 2.24) is 16.0 Å². The Morgan fingerprint density at radius 2 is 1.60 bits per heavy atom. The lowest BCUT2D eigenvalue weighted by molar-refractivity contribution is -0.137. The Morgan fingerprint density at radius 3 is 2.15 bits per heavy atom. The van der Waals surface area contributed by atoms with Crippen LogP contribution in [-0.2, 0) is 14.4 Å². The average Bonchev–Trinajstić information content (AvgIpc) is 2.44. The molecular weight excluding hydrogens is 262 g/mol. The summed E-state index contributed by atoms with van der Waals surface area (Å²) in [6.45, 7) is -0.624. The van der Waals surface area contributed by atoms with Crippen LogP contribution in [0.1, 0.15) is 38.5 Å². The van der Waals surface area contributed by atoms with Gasteiger partial charge in [0, 0.05) is 12.0 Å². The van der Waals surface area contributed by atoms with Gasteiger partial charge in [0.1, 0.15) is 6.54 Å². The summed E-state index contributed by atoms with van der Waals surface area (Å²) in [6, 6.07) is 0. The van der Waals surface area contributed by atoms with Crippen molar-refractivity contribution in [3.63, 3.8) is 0 Å². The number of carboxylic acids is 1. The Bertz CT molecular complexity index is 365. The number of nitrogens with one attached hydrogen (secondary N) is 3. The molecule has 0 bridgehead atoms. The number of carbonyl (C=O) groups excluding carboxylic acids is 2. The molecule has 0 aromatic carbocycles. The van der Waals surface area contributed by atoms with Crippen molar-refractivity contribution in [2.24, 2.45) is 0 Å². The van der Waals surface area contributed by atoms with E-state index in [4.69, 9.17) is 5.11 Å². The van der Waals surface area contributed by atoms with Gasteiger partial charge in [-0.25, -0.2) is 0 Å². The molecule has 0 unspecified atom stereocenters. The van der Waals surface area contributed by atoms with Gasteiger partial charge < -0.3 is 21.1 Å². The fraction of sp³-hybridized carbons (Fsp3) is 0.769. The molecule has 114 valence electrons. The van der Waals surface area contributed by atoms with Crippen LogP contribution >= 0.6 is 0 Å². The molecule has 20 heavy (non-hydrogen) atoms. The minimum Gasteiger partial charge on any atom is -0.480 e. The van der Waals surface area contributed by atoms with Crippen molar-refractivity contribution in [2.45, 2.75) is 44.1 Å². The van der Waals surface area contributed by atoms with Crippen molar-refractivity contribution >= 4 is 17.8 Å². The summed E-state index contributed by atoms with van der Waals surface area (Å²) in [6.07, 6.45) is 5.67. The molecule has 7 nitrogen and oxygen atoms in total. The number of amides is 2. The molecule has 0 aromatic heterocycles. The first-order valence-electron chi connectivity index (χ1n) is 6.91. The van der Waals surface area contributed by atoms with Crippen LogP contribution in [0.25, 0.3) is 0 Å². The Balaban J connectivity index is 2.31. The zero-order chi connectivity index (χ0) is 15.0. The second kappa shape index (κ2) is 7.84. The molecule has 4 N–H and O–H groups in total. The van der Waals surface area contributed by atoms with Gasteiger partial charge in [-0.2, -0.15) is 0 Å². The largest absolute Gasteiger partial charge is 0.480 e. The molecule has 1 saturated carbocycles. The SMILES string of the molecule is CNC1(CC(=O)NCC(=O)NCC(=O)O)CCCCC1. The first-order chi connectivity index (χ1) is 9.47. The van der Waals surface area contributed by atoms with Gasteiger partial charge in [0.05, 0.1) is 6.54 Å². The third-order valence-electron chi connectivity index (χ3n) is 3.72. The van der Waals surface area contributed by atoms with Gasteiger partial charge in [-0.1, -0.05) is 19.3 Å². The Kier molecular flexibility index (Phi) is 6.44. The second-order valence-electron chi connectivity index (χ2n) is 5.21. The van der Waals surface area contributed by atoms with Crippen LogP contribution in [0.5, 0.6) is 0 Å². The van der Waals surface area contributed by atoms with Gasteiger partial charge >= 0.3 is 5.97 Å². The van der Waals surface area contributed by atoms with Gasteiger partial charge in [-0.3, -0.25) is 14.4 Å². The van der Waals surface area contributed by atoms with E-state index in [1.165, 1.54) is 6.42 Å². The monoisotopic (exact) mass is 285 g/mol. The van der Waals surface area contributed by atoms with Crippen molar-refractivity contribution in [2.75, 3.05) is 20.1 Å². The van der Waals surface area contributed by atoms with E-state index in [9.17, 15) is 14.4 Å². The van der Waals surface area contributed by atoms with E-state index in [2.05, 4.69) is 16.0 Å². The molecule has 0 atom stereocenters. The number of hydrogen-bond acceptors (Lipinski definition) is 4. The predicted molar refractivity (Wildman–Crippen MR) is 73.1 cm³/mol. The molecule has 1 rings (SSSR count). The van der Waals surface area contributed by atoms with Crippen LogP contribution in [0, 0.1) is 0 Å². The Hall–Kier alpha value is -1.63. The fourth-order valence-corrected chi connectivity index (χ4v) is 2.53. The predicted octanol–water partition coefficient (Wildman–Crippen LogP) is -0.384. The maximum atomic E-state index is 11.9. The quantitative estimate of drug-likeness (QED) is 0.510. The van der Waals surface area contributed by atoms with Gasteiger partial charge in [0.25, 0.3) is 0 Å². The Labute approximate surface area is 118 Å². The molecule has 7 heteroatoms. The molecule has 1 fully saturated rings. The highest BCUT2D eigenvalue weighted by molar-refractivity contribution is 5.86. The third-order valence-corrected chi connectivity index (χ3v) is 3.72. The van der Waals surface area contributed by atoms with E-state index in [1.807, 2.05) is 7.05 Å².